The normalized spacial score (nSPS) is 16.1. The molecule has 1 saturated heterocycles. The van der Waals surface area contributed by atoms with Crippen molar-refractivity contribution in [3.05, 3.63) is 0 Å². The predicted octanol–water partition coefficient (Wildman–Crippen LogP) is 1.25. The van der Waals surface area contributed by atoms with Crippen molar-refractivity contribution in [3.63, 3.8) is 0 Å². The first-order valence-electron chi connectivity index (χ1n) is 5.51. The smallest absolute Gasteiger partial charge is 0.317 e. The molecule has 0 unspecified atom stereocenters. The maximum absolute atomic E-state index is 11.6. The lowest BCUT2D eigenvalue weighted by Gasteiger charge is -2.26. The number of hydrogen-bond acceptors (Lipinski definition) is 2. The van der Waals surface area contributed by atoms with Gasteiger partial charge in [-0.3, -0.25) is 0 Å². The third kappa shape index (κ3) is 4.97. The van der Waals surface area contributed by atoms with Crippen molar-refractivity contribution >= 4 is 23.2 Å². The Morgan fingerprint density at radius 2 is 2.00 bits per heavy atom. The van der Waals surface area contributed by atoms with Crippen molar-refractivity contribution in [1.82, 2.24) is 10.2 Å². The van der Waals surface area contributed by atoms with E-state index in [-0.39, 0.29) is 6.03 Å². The fourth-order valence-electron chi connectivity index (χ4n) is 1.67. The van der Waals surface area contributed by atoms with E-state index >= 15 is 0 Å². The molecule has 1 rings (SSSR count). The van der Waals surface area contributed by atoms with Crippen LogP contribution in [0, 0.1) is 0 Å². The second-order valence-electron chi connectivity index (χ2n) is 3.85. The van der Waals surface area contributed by atoms with Gasteiger partial charge in [-0.15, -0.1) is 0 Å². The van der Waals surface area contributed by atoms with Crippen molar-refractivity contribution in [1.29, 1.82) is 0 Å². The van der Waals surface area contributed by atoms with Crippen molar-refractivity contribution in [2.45, 2.75) is 32.1 Å². The molecule has 1 fully saturated rings. The summed E-state index contributed by atoms with van der Waals surface area (Å²) in [5.41, 5.74) is 5.36. The quantitative estimate of drug-likeness (QED) is 0.563. The van der Waals surface area contributed by atoms with E-state index in [9.17, 15) is 4.79 Å². The van der Waals surface area contributed by atoms with Gasteiger partial charge in [0, 0.05) is 19.6 Å². The van der Waals surface area contributed by atoms with Gasteiger partial charge in [0.25, 0.3) is 0 Å². The zero-order chi connectivity index (χ0) is 11.1. The summed E-state index contributed by atoms with van der Waals surface area (Å²) < 4.78 is 0. The van der Waals surface area contributed by atoms with Crippen LogP contribution in [0.15, 0.2) is 0 Å². The summed E-state index contributed by atoms with van der Waals surface area (Å²) in [5.74, 6) is 0. The molecule has 0 saturated carbocycles. The highest BCUT2D eigenvalue weighted by Gasteiger charge is 2.15. The number of piperidine rings is 1. The highest BCUT2D eigenvalue weighted by molar-refractivity contribution is 7.80. The Morgan fingerprint density at radius 3 is 2.60 bits per heavy atom. The van der Waals surface area contributed by atoms with Crippen LogP contribution in [0.3, 0.4) is 0 Å². The van der Waals surface area contributed by atoms with E-state index in [4.69, 9.17) is 18.0 Å². The lowest BCUT2D eigenvalue weighted by atomic mass is 10.1. The molecule has 1 aliphatic rings. The zero-order valence-corrected chi connectivity index (χ0v) is 9.81. The Bertz CT molecular complexity index is 227. The number of amides is 2. The minimum Gasteiger partial charge on any atom is -0.393 e. The largest absolute Gasteiger partial charge is 0.393 e. The first-order chi connectivity index (χ1) is 7.20. The van der Waals surface area contributed by atoms with Crippen LogP contribution in [0.4, 0.5) is 4.79 Å². The average molecular weight is 229 g/mol. The van der Waals surface area contributed by atoms with E-state index in [1.165, 1.54) is 6.42 Å². The van der Waals surface area contributed by atoms with E-state index in [0.717, 1.165) is 32.4 Å². The molecular weight excluding hydrogens is 210 g/mol. The molecule has 2 amide bonds. The van der Waals surface area contributed by atoms with Gasteiger partial charge >= 0.3 is 6.03 Å². The van der Waals surface area contributed by atoms with Gasteiger partial charge in [0.05, 0.1) is 4.99 Å². The molecule has 5 heteroatoms. The second-order valence-corrected chi connectivity index (χ2v) is 4.37. The first kappa shape index (κ1) is 12.2. The summed E-state index contributed by atoms with van der Waals surface area (Å²) in [7, 11) is 0. The number of carbonyl (C=O) groups is 1. The monoisotopic (exact) mass is 229 g/mol. The summed E-state index contributed by atoms with van der Waals surface area (Å²) >= 11 is 4.75. The minimum atomic E-state index is 0.0534. The van der Waals surface area contributed by atoms with Crippen LogP contribution in [0.5, 0.6) is 0 Å². The fraction of sp³-hybridized carbons (Fsp3) is 0.800. The van der Waals surface area contributed by atoms with Gasteiger partial charge in [-0.2, -0.15) is 0 Å². The molecule has 0 bridgehead atoms. The van der Waals surface area contributed by atoms with Gasteiger partial charge in [-0.05, 0) is 32.1 Å². The molecule has 86 valence electrons. The standard InChI is InChI=1S/C10H19N3OS/c11-9(15)5-4-6-12-10(14)13-7-2-1-3-8-13/h1-8H2,(H2,11,15)(H,12,14). The molecule has 0 radical (unpaired) electrons. The van der Waals surface area contributed by atoms with Gasteiger partial charge in [-0.25, -0.2) is 4.79 Å². The summed E-state index contributed by atoms with van der Waals surface area (Å²) in [6.07, 6.45) is 5.02. The molecular formula is C10H19N3OS. The molecule has 0 aliphatic carbocycles. The number of carbonyl (C=O) groups excluding carboxylic acids is 1. The van der Waals surface area contributed by atoms with Crippen molar-refractivity contribution in [2.75, 3.05) is 19.6 Å². The Kier molecular flexibility index (Phi) is 5.39. The number of hydrogen-bond donors (Lipinski definition) is 2. The maximum atomic E-state index is 11.6. The van der Waals surface area contributed by atoms with Gasteiger partial charge in [-0.1, -0.05) is 12.2 Å². The Hall–Kier alpha value is -0.840. The molecule has 3 N–H and O–H groups in total. The molecule has 15 heavy (non-hydrogen) atoms. The van der Waals surface area contributed by atoms with Crippen LogP contribution in [0.1, 0.15) is 32.1 Å². The number of likely N-dealkylation sites (tertiary alicyclic amines) is 1. The van der Waals surface area contributed by atoms with Gasteiger partial charge in [0.2, 0.25) is 0 Å². The average Bonchev–Trinajstić information content (AvgIpc) is 2.25. The lowest BCUT2D eigenvalue weighted by Crippen LogP contribution is -2.43. The summed E-state index contributed by atoms with van der Waals surface area (Å²) in [6.45, 7) is 2.44. The third-order valence-corrected chi connectivity index (χ3v) is 2.72. The molecule has 0 spiro atoms. The van der Waals surface area contributed by atoms with E-state index in [2.05, 4.69) is 5.32 Å². The molecule has 0 aromatic carbocycles. The van der Waals surface area contributed by atoms with Crippen LogP contribution in [0.2, 0.25) is 0 Å². The van der Waals surface area contributed by atoms with Crippen LogP contribution in [-0.2, 0) is 0 Å². The summed E-state index contributed by atoms with van der Waals surface area (Å²) in [5, 5.41) is 2.88. The van der Waals surface area contributed by atoms with Crippen LogP contribution >= 0.6 is 12.2 Å². The van der Waals surface area contributed by atoms with Crippen molar-refractivity contribution in [3.8, 4) is 0 Å². The van der Waals surface area contributed by atoms with Gasteiger partial charge in [0.1, 0.15) is 0 Å². The molecule has 4 nitrogen and oxygen atoms in total. The van der Waals surface area contributed by atoms with Gasteiger partial charge in [0.15, 0.2) is 0 Å². The highest BCUT2D eigenvalue weighted by Crippen LogP contribution is 2.08. The Morgan fingerprint density at radius 1 is 1.33 bits per heavy atom. The molecule has 0 aromatic rings. The lowest BCUT2D eigenvalue weighted by molar-refractivity contribution is 0.186. The van der Waals surface area contributed by atoms with Crippen LogP contribution in [0.25, 0.3) is 0 Å². The number of nitrogens with one attached hydrogen (secondary N) is 1. The molecule has 1 aliphatic heterocycles. The summed E-state index contributed by atoms with van der Waals surface area (Å²) in [4.78, 5) is 14.0. The minimum absolute atomic E-state index is 0.0534. The Balaban J connectivity index is 2.09. The van der Waals surface area contributed by atoms with E-state index in [1.54, 1.807) is 0 Å². The third-order valence-electron chi connectivity index (χ3n) is 2.52. The van der Waals surface area contributed by atoms with Crippen molar-refractivity contribution < 1.29 is 4.79 Å². The number of thiocarbonyl (C=S) groups is 1. The number of urea groups is 1. The topological polar surface area (TPSA) is 58.4 Å². The summed E-state index contributed by atoms with van der Waals surface area (Å²) in [6, 6.07) is 0.0534. The highest BCUT2D eigenvalue weighted by atomic mass is 32.1. The van der Waals surface area contributed by atoms with Gasteiger partial charge < -0.3 is 16.0 Å². The van der Waals surface area contributed by atoms with E-state index < -0.39 is 0 Å². The molecule has 0 aromatic heterocycles. The number of nitrogens with zero attached hydrogens (tertiary/aromatic N) is 1. The van der Waals surface area contributed by atoms with E-state index in [0.29, 0.717) is 18.0 Å². The van der Waals surface area contributed by atoms with Crippen LogP contribution in [-0.4, -0.2) is 35.6 Å². The molecule has 1 heterocycles. The van der Waals surface area contributed by atoms with Crippen LogP contribution < -0.4 is 11.1 Å². The van der Waals surface area contributed by atoms with E-state index in [1.807, 2.05) is 4.90 Å². The first-order valence-corrected chi connectivity index (χ1v) is 5.92. The number of nitrogens with two attached hydrogens (primary N) is 1. The fourth-order valence-corrected chi connectivity index (χ4v) is 1.81. The molecule has 0 atom stereocenters. The number of rotatable bonds is 4. The van der Waals surface area contributed by atoms with Crippen molar-refractivity contribution in [2.24, 2.45) is 5.73 Å². The second kappa shape index (κ2) is 6.61. The Labute approximate surface area is 96.2 Å². The zero-order valence-electron chi connectivity index (χ0n) is 9.00. The maximum Gasteiger partial charge on any atom is 0.317 e. The predicted molar refractivity (Wildman–Crippen MR) is 64.8 cm³/mol. The SMILES string of the molecule is NC(=S)CCCNC(=O)N1CCCCC1.